The molecule has 1 aromatic carbocycles. The van der Waals surface area contributed by atoms with Gasteiger partial charge in [0.15, 0.2) is 18.0 Å². The van der Waals surface area contributed by atoms with E-state index >= 15 is 0 Å². The summed E-state index contributed by atoms with van der Waals surface area (Å²) >= 11 is 0. The number of amides is 1. The fraction of sp³-hybridized carbons (Fsp3) is 0.250. The Morgan fingerprint density at radius 1 is 1.20 bits per heavy atom. The number of carbonyl (C=O) groups excluding carboxylic acids is 1. The minimum atomic E-state index is -1.99. The van der Waals surface area contributed by atoms with E-state index in [1.165, 1.54) is 6.20 Å². The average molecular weight is 353 g/mol. The molecular formula is C16H14F3N3O3. The summed E-state index contributed by atoms with van der Waals surface area (Å²) in [5, 5.41) is 14.2. The first kappa shape index (κ1) is 17.2. The third-order valence-electron chi connectivity index (χ3n) is 4.13. The summed E-state index contributed by atoms with van der Waals surface area (Å²) in [6.45, 7) is 1.12. The third-order valence-corrected chi connectivity index (χ3v) is 4.13. The molecule has 0 aliphatic carbocycles. The van der Waals surface area contributed by atoms with Crippen molar-refractivity contribution in [1.82, 2.24) is 15.2 Å². The van der Waals surface area contributed by atoms with Crippen LogP contribution < -0.4 is 16.2 Å². The Balaban J connectivity index is 2.19. The highest BCUT2D eigenvalue weighted by atomic mass is 19.2. The molecule has 1 fully saturated rings. The molecule has 132 valence electrons. The van der Waals surface area contributed by atoms with E-state index < -0.39 is 52.9 Å². The van der Waals surface area contributed by atoms with Crippen LogP contribution in [0, 0.1) is 24.4 Å². The zero-order valence-electron chi connectivity index (χ0n) is 13.0. The Kier molecular flexibility index (Phi) is 4.13. The summed E-state index contributed by atoms with van der Waals surface area (Å²) in [4.78, 5) is 24.7. The van der Waals surface area contributed by atoms with Gasteiger partial charge in [-0.1, -0.05) is 6.07 Å². The molecule has 2 unspecified atom stereocenters. The monoisotopic (exact) mass is 353 g/mol. The number of benzene rings is 1. The number of nitrogens with zero attached hydrogens (tertiary/aromatic N) is 1. The van der Waals surface area contributed by atoms with E-state index in [9.17, 15) is 27.9 Å². The second-order valence-electron chi connectivity index (χ2n) is 5.80. The van der Waals surface area contributed by atoms with E-state index in [-0.39, 0.29) is 0 Å². The van der Waals surface area contributed by atoms with Crippen LogP contribution in [-0.2, 0) is 16.9 Å². The second kappa shape index (κ2) is 6.01. The number of carbonyl (C=O) groups is 1. The molecule has 0 saturated carbocycles. The first-order valence-electron chi connectivity index (χ1n) is 7.32. The van der Waals surface area contributed by atoms with Gasteiger partial charge in [-0.2, -0.15) is 0 Å². The third kappa shape index (κ3) is 2.81. The number of hydrogen-bond donors (Lipinski definition) is 3. The molecule has 0 spiro atoms. The van der Waals surface area contributed by atoms with E-state index in [0.717, 1.165) is 4.57 Å². The van der Waals surface area contributed by atoms with Crippen molar-refractivity contribution in [3.63, 3.8) is 0 Å². The first-order chi connectivity index (χ1) is 11.7. The molecule has 2 aromatic rings. The van der Waals surface area contributed by atoms with Gasteiger partial charge >= 0.3 is 0 Å². The van der Waals surface area contributed by atoms with Crippen molar-refractivity contribution in [3.8, 4) is 0 Å². The highest BCUT2D eigenvalue weighted by Gasteiger charge is 2.50. The number of nitrogens with one attached hydrogen (secondary N) is 2. The number of hydrogen-bond acceptors (Lipinski definition) is 4. The Labute approximate surface area is 139 Å². The van der Waals surface area contributed by atoms with Crippen LogP contribution in [0.1, 0.15) is 11.1 Å². The topological polar surface area (TPSA) is 83.4 Å². The lowest BCUT2D eigenvalue weighted by Gasteiger charge is -2.28. The number of aliphatic hydroxyl groups is 1. The van der Waals surface area contributed by atoms with E-state index in [1.807, 2.05) is 0 Å². The van der Waals surface area contributed by atoms with Crippen LogP contribution in [-0.4, -0.2) is 21.9 Å². The van der Waals surface area contributed by atoms with Gasteiger partial charge in [-0.25, -0.2) is 13.2 Å². The quantitative estimate of drug-likeness (QED) is 0.701. The molecule has 1 aliphatic rings. The molecule has 2 atom stereocenters. The van der Waals surface area contributed by atoms with Crippen LogP contribution >= 0.6 is 0 Å². The fourth-order valence-corrected chi connectivity index (χ4v) is 2.87. The van der Waals surface area contributed by atoms with Crippen LogP contribution in [0.3, 0.4) is 0 Å². The van der Waals surface area contributed by atoms with Crippen molar-refractivity contribution in [2.75, 3.05) is 0 Å². The molecule has 1 amide bonds. The molecule has 25 heavy (non-hydrogen) atoms. The van der Waals surface area contributed by atoms with Gasteiger partial charge in [0.1, 0.15) is 11.4 Å². The predicted octanol–water partition coefficient (Wildman–Crippen LogP) is 0.465. The maximum absolute atomic E-state index is 14.3. The van der Waals surface area contributed by atoms with Gasteiger partial charge in [0, 0.05) is 23.4 Å². The maximum Gasteiger partial charge on any atom is 0.253 e. The Morgan fingerprint density at radius 3 is 2.52 bits per heavy atom. The van der Waals surface area contributed by atoms with Crippen molar-refractivity contribution < 1.29 is 23.1 Å². The van der Waals surface area contributed by atoms with Gasteiger partial charge in [-0.05, 0) is 19.1 Å². The second-order valence-corrected chi connectivity index (χ2v) is 5.80. The van der Waals surface area contributed by atoms with Gasteiger partial charge in [0.2, 0.25) is 5.91 Å². The van der Waals surface area contributed by atoms with Gasteiger partial charge in [-0.3, -0.25) is 14.9 Å². The maximum atomic E-state index is 14.3. The van der Waals surface area contributed by atoms with Gasteiger partial charge in [0.05, 0.1) is 6.54 Å². The number of rotatable bonds is 3. The Morgan fingerprint density at radius 2 is 1.88 bits per heavy atom. The summed E-state index contributed by atoms with van der Waals surface area (Å²) in [6.07, 6.45) is -0.172. The lowest BCUT2D eigenvalue weighted by molar-refractivity contribution is -0.125. The number of aryl methyl sites for hydroxylation is 1. The lowest BCUT2D eigenvalue weighted by Crippen LogP contribution is -2.50. The summed E-state index contributed by atoms with van der Waals surface area (Å²) in [5.41, 5.74) is -2.58. The van der Waals surface area contributed by atoms with Crippen molar-refractivity contribution >= 4 is 5.91 Å². The number of aliphatic hydroxyl groups excluding tert-OH is 1. The minimum Gasteiger partial charge on any atom is -0.361 e. The highest BCUT2D eigenvalue weighted by Crippen LogP contribution is 2.31. The molecule has 9 heteroatoms. The molecule has 1 aromatic heterocycles. The molecule has 1 aliphatic heterocycles. The van der Waals surface area contributed by atoms with Crippen LogP contribution in [0.5, 0.6) is 0 Å². The Bertz CT molecular complexity index is 915. The zero-order chi connectivity index (χ0) is 18.4. The van der Waals surface area contributed by atoms with Gasteiger partial charge in [-0.15, -0.1) is 0 Å². The standard InChI is InChI=1S/C16H14F3N3O3/c1-8-3-2-4-22(13(8)23)7-16(14(24)20-15(25)21-16)9-5-11(18)12(19)6-10(9)17/h2-6,15,21,25H,7H2,1H3,(H,20,24). The molecule has 1 saturated heterocycles. The molecule has 6 nitrogen and oxygen atoms in total. The van der Waals surface area contributed by atoms with Crippen molar-refractivity contribution in [3.05, 3.63) is 69.4 Å². The van der Waals surface area contributed by atoms with E-state index in [4.69, 9.17) is 0 Å². The largest absolute Gasteiger partial charge is 0.361 e. The van der Waals surface area contributed by atoms with E-state index in [2.05, 4.69) is 10.6 Å². The smallest absolute Gasteiger partial charge is 0.253 e. The molecule has 0 bridgehead atoms. The van der Waals surface area contributed by atoms with Crippen LogP contribution in [0.2, 0.25) is 0 Å². The van der Waals surface area contributed by atoms with E-state index in [1.54, 1.807) is 19.1 Å². The SMILES string of the molecule is Cc1cccn(CC2(c3cc(F)c(F)cc3F)NC(O)NC2=O)c1=O. The van der Waals surface area contributed by atoms with Crippen molar-refractivity contribution in [2.45, 2.75) is 25.4 Å². The summed E-state index contributed by atoms with van der Waals surface area (Å²) in [6, 6.07) is 3.96. The minimum absolute atomic E-state index is 0.311. The molecule has 2 heterocycles. The highest BCUT2D eigenvalue weighted by molar-refractivity contribution is 5.89. The number of pyridine rings is 1. The van der Waals surface area contributed by atoms with Crippen LogP contribution in [0.25, 0.3) is 0 Å². The molecular weight excluding hydrogens is 339 g/mol. The van der Waals surface area contributed by atoms with Gasteiger partial charge in [0.25, 0.3) is 5.56 Å². The van der Waals surface area contributed by atoms with Crippen molar-refractivity contribution in [1.29, 1.82) is 0 Å². The number of aromatic nitrogens is 1. The van der Waals surface area contributed by atoms with Crippen molar-refractivity contribution in [2.24, 2.45) is 0 Å². The Hall–Kier alpha value is -2.65. The van der Waals surface area contributed by atoms with Crippen LogP contribution in [0.4, 0.5) is 13.2 Å². The zero-order valence-corrected chi connectivity index (χ0v) is 13.0. The fourth-order valence-electron chi connectivity index (χ4n) is 2.87. The first-order valence-corrected chi connectivity index (χ1v) is 7.32. The number of halogens is 3. The molecule has 3 N–H and O–H groups in total. The summed E-state index contributed by atoms with van der Waals surface area (Å²) in [5.74, 6) is -4.83. The van der Waals surface area contributed by atoms with Gasteiger partial charge < -0.3 is 15.0 Å². The molecule has 0 radical (unpaired) electrons. The normalized spacial score (nSPS) is 22.9. The van der Waals surface area contributed by atoms with E-state index in [0.29, 0.717) is 17.7 Å². The summed E-state index contributed by atoms with van der Waals surface area (Å²) < 4.78 is 42.3. The molecule has 3 rings (SSSR count). The lowest BCUT2D eigenvalue weighted by atomic mass is 9.88. The predicted molar refractivity (Wildman–Crippen MR) is 80.7 cm³/mol. The van der Waals surface area contributed by atoms with Crippen LogP contribution in [0.15, 0.2) is 35.3 Å². The average Bonchev–Trinajstić information content (AvgIpc) is 2.82. The summed E-state index contributed by atoms with van der Waals surface area (Å²) in [7, 11) is 0.